The monoisotopic (exact) mass is 510 g/mol. The van der Waals surface area contributed by atoms with Crippen LogP contribution in [0.25, 0.3) is 11.0 Å². The molecule has 3 aliphatic rings. The lowest BCUT2D eigenvalue weighted by atomic mass is 9.97. The average Bonchev–Trinajstić information content (AvgIpc) is 3.30. The van der Waals surface area contributed by atoms with Gasteiger partial charge >= 0.3 is 0 Å². The summed E-state index contributed by atoms with van der Waals surface area (Å²) in [7, 11) is 1.59. The molecular weight excluding hydrogens is 483 g/mol. The van der Waals surface area contributed by atoms with Crippen LogP contribution >= 0.6 is 11.8 Å². The van der Waals surface area contributed by atoms with Crippen molar-refractivity contribution in [2.45, 2.75) is 36.0 Å². The van der Waals surface area contributed by atoms with Crippen molar-refractivity contribution < 1.29 is 18.7 Å². The number of nitrogens with zero attached hydrogens (tertiary/aromatic N) is 4. The van der Waals surface area contributed by atoms with Crippen LogP contribution in [0.2, 0.25) is 0 Å². The first-order chi connectivity index (χ1) is 17.6. The SMILES string of the molecule is COc1ccc2ncc3c(c2n1)C(CN1CC[C@@H](NCc2ccc4c(n2)NC(=O)CS4)[C@@H](F)C1)CO3. The van der Waals surface area contributed by atoms with Crippen LogP contribution in [0.3, 0.4) is 0 Å². The molecule has 0 aromatic carbocycles. The van der Waals surface area contributed by atoms with Gasteiger partial charge < -0.3 is 20.1 Å². The number of nitrogens with one attached hydrogen (secondary N) is 2. The van der Waals surface area contributed by atoms with Crippen molar-refractivity contribution in [2.24, 2.45) is 0 Å². The van der Waals surface area contributed by atoms with Crippen molar-refractivity contribution in [1.29, 1.82) is 0 Å². The molecule has 2 N–H and O–H groups in total. The number of anilines is 1. The lowest BCUT2D eigenvalue weighted by Gasteiger charge is -2.36. The highest BCUT2D eigenvalue weighted by atomic mass is 32.2. The number of halogens is 1. The van der Waals surface area contributed by atoms with Crippen LogP contribution in [0, 0.1) is 0 Å². The van der Waals surface area contributed by atoms with E-state index in [1.54, 1.807) is 19.4 Å². The van der Waals surface area contributed by atoms with E-state index in [0.717, 1.165) is 39.5 Å². The van der Waals surface area contributed by atoms with Gasteiger partial charge in [-0.05, 0) is 31.2 Å². The zero-order valence-corrected chi connectivity index (χ0v) is 20.7. The van der Waals surface area contributed by atoms with Crippen LogP contribution in [-0.4, -0.2) is 77.1 Å². The van der Waals surface area contributed by atoms with E-state index < -0.39 is 6.17 Å². The van der Waals surface area contributed by atoms with Gasteiger partial charge in [0.1, 0.15) is 23.3 Å². The molecule has 11 heteroatoms. The molecule has 6 rings (SSSR count). The van der Waals surface area contributed by atoms with Gasteiger partial charge in [0.05, 0.1) is 41.8 Å². The molecule has 1 unspecified atom stereocenters. The maximum Gasteiger partial charge on any atom is 0.235 e. The molecule has 188 valence electrons. The molecule has 1 saturated heterocycles. The Hall–Kier alpha value is -3.02. The van der Waals surface area contributed by atoms with Crippen molar-refractivity contribution in [2.75, 3.05) is 44.4 Å². The van der Waals surface area contributed by atoms with Crippen LogP contribution in [0.15, 0.2) is 35.4 Å². The van der Waals surface area contributed by atoms with Gasteiger partial charge in [-0.1, -0.05) is 0 Å². The van der Waals surface area contributed by atoms with E-state index in [0.29, 0.717) is 50.1 Å². The Kier molecular flexibility index (Phi) is 6.36. The second-order valence-electron chi connectivity index (χ2n) is 9.30. The third-order valence-corrected chi connectivity index (χ3v) is 7.98. The van der Waals surface area contributed by atoms with Gasteiger partial charge in [-0.25, -0.2) is 14.4 Å². The summed E-state index contributed by atoms with van der Waals surface area (Å²) in [6.45, 7) is 2.82. The maximum absolute atomic E-state index is 15.2. The van der Waals surface area contributed by atoms with E-state index in [9.17, 15) is 4.79 Å². The van der Waals surface area contributed by atoms with Crippen LogP contribution in [0.1, 0.15) is 23.6 Å². The number of carbonyl (C=O) groups is 1. The summed E-state index contributed by atoms with van der Waals surface area (Å²) in [6.07, 6.45) is 1.45. The first kappa shape index (κ1) is 23.4. The number of amides is 1. The number of thioether (sulfide) groups is 1. The largest absolute Gasteiger partial charge is 0.491 e. The zero-order valence-electron chi connectivity index (χ0n) is 19.9. The Bertz CT molecular complexity index is 1310. The molecule has 0 bridgehead atoms. The highest BCUT2D eigenvalue weighted by Gasteiger charge is 2.34. The number of likely N-dealkylation sites (tertiary alicyclic amines) is 1. The molecule has 0 spiro atoms. The van der Waals surface area contributed by atoms with Crippen molar-refractivity contribution in [3.8, 4) is 11.6 Å². The molecule has 3 aromatic rings. The minimum Gasteiger partial charge on any atom is -0.491 e. The minimum atomic E-state index is -0.999. The van der Waals surface area contributed by atoms with Gasteiger partial charge in [0.15, 0.2) is 0 Å². The molecule has 3 atom stereocenters. The van der Waals surface area contributed by atoms with E-state index in [1.165, 1.54) is 11.8 Å². The van der Waals surface area contributed by atoms with Gasteiger partial charge in [0.25, 0.3) is 0 Å². The molecule has 1 fully saturated rings. The second kappa shape index (κ2) is 9.79. The molecule has 36 heavy (non-hydrogen) atoms. The highest BCUT2D eigenvalue weighted by molar-refractivity contribution is 8.00. The second-order valence-corrected chi connectivity index (χ2v) is 10.3. The fourth-order valence-corrected chi connectivity index (χ4v) is 5.86. The third-order valence-electron chi connectivity index (χ3n) is 6.93. The molecule has 0 saturated carbocycles. The Balaban J connectivity index is 1.08. The summed E-state index contributed by atoms with van der Waals surface area (Å²) in [4.78, 5) is 28.4. The number of pyridine rings is 3. The Morgan fingerprint density at radius 2 is 2.22 bits per heavy atom. The summed E-state index contributed by atoms with van der Waals surface area (Å²) >= 11 is 1.48. The summed E-state index contributed by atoms with van der Waals surface area (Å²) in [5, 5.41) is 6.14. The number of hydrogen-bond donors (Lipinski definition) is 2. The summed E-state index contributed by atoms with van der Waals surface area (Å²) in [6, 6.07) is 7.34. The van der Waals surface area contributed by atoms with Crippen LogP contribution in [0.4, 0.5) is 10.2 Å². The summed E-state index contributed by atoms with van der Waals surface area (Å²) in [5.74, 6) is 2.33. The predicted octanol–water partition coefficient (Wildman–Crippen LogP) is 2.76. The zero-order chi connectivity index (χ0) is 24.6. The van der Waals surface area contributed by atoms with E-state index in [-0.39, 0.29) is 17.9 Å². The number of aromatic nitrogens is 3. The Labute approximate surface area is 212 Å². The number of fused-ring (bicyclic) bond motifs is 4. The fraction of sp³-hybridized carbons (Fsp3) is 0.440. The number of methoxy groups -OCH3 is 1. The van der Waals surface area contributed by atoms with E-state index in [4.69, 9.17) is 9.47 Å². The number of piperidine rings is 1. The molecule has 3 aromatic heterocycles. The van der Waals surface area contributed by atoms with Crippen molar-refractivity contribution in [3.63, 3.8) is 0 Å². The molecule has 0 aliphatic carbocycles. The number of alkyl halides is 1. The minimum absolute atomic E-state index is 0.0456. The molecule has 0 radical (unpaired) electrons. The van der Waals surface area contributed by atoms with Crippen molar-refractivity contribution in [1.82, 2.24) is 25.2 Å². The fourth-order valence-electron chi connectivity index (χ4n) is 5.11. The average molecular weight is 511 g/mol. The molecule has 1 amide bonds. The standard InChI is InChI=1S/C25H27FN6O3S/c1-34-22-5-3-18-24(31-22)23-14(12-35-19(23)9-28-18)10-32-7-6-17(16(26)11-32)27-8-15-2-4-20-25(29-15)30-21(33)13-36-20/h2-5,9,14,16-17,27H,6-8,10-13H2,1H3,(H,29,30,33)/t14?,16-,17+/m0/s1. The summed E-state index contributed by atoms with van der Waals surface area (Å²) < 4.78 is 26.4. The normalized spacial score (nSPS) is 23.6. The number of rotatable bonds is 6. The number of carbonyl (C=O) groups excluding carboxylic acids is 1. The Morgan fingerprint density at radius 3 is 3.08 bits per heavy atom. The maximum atomic E-state index is 15.2. The van der Waals surface area contributed by atoms with Crippen LogP contribution in [-0.2, 0) is 11.3 Å². The lowest BCUT2D eigenvalue weighted by Crippen LogP contribution is -2.51. The molecular formula is C25H27FN6O3S. The topological polar surface area (TPSA) is 102 Å². The first-order valence-corrected chi connectivity index (χ1v) is 13.0. The van der Waals surface area contributed by atoms with Crippen LogP contribution in [0.5, 0.6) is 11.6 Å². The van der Waals surface area contributed by atoms with Gasteiger partial charge in [-0.2, -0.15) is 0 Å². The number of ether oxygens (including phenoxy) is 2. The highest BCUT2D eigenvalue weighted by Crippen LogP contribution is 2.39. The lowest BCUT2D eigenvalue weighted by molar-refractivity contribution is -0.113. The summed E-state index contributed by atoms with van der Waals surface area (Å²) in [5.41, 5.74) is 3.40. The third kappa shape index (κ3) is 4.58. The van der Waals surface area contributed by atoms with Gasteiger partial charge in [0.2, 0.25) is 11.8 Å². The Morgan fingerprint density at radius 1 is 1.31 bits per heavy atom. The van der Waals surface area contributed by atoms with Crippen molar-refractivity contribution >= 4 is 34.5 Å². The number of hydrogen-bond acceptors (Lipinski definition) is 9. The molecule has 6 heterocycles. The smallest absolute Gasteiger partial charge is 0.235 e. The van der Waals surface area contributed by atoms with Crippen molar-refractivity contribution in [3.05, 3.63) is 41.7 Å². The van der Waals surface area contributed by atoms with E-state index in [2.05, 4.69) is 30.5 Å². The molecule has 3 aliphatic heterocycles. The quantitative estimate of drug-likeness (QED) is 0.518. The predicted molar refractivity (Wildman–Crippen MR) is 134 cm³/mol. The first-order valence-electron chi connectivity index (χ1n) is 12.1. The molecule has 9 nitrogen and oxygen atoms in total. The van der Waals surface area contributed by atoms with Gasteiger partial charge in [-0.15, -0.1) is 11.8 Å². The van der Waals surface area contributed by atoms with E-state index >= 15 is 4.39 Å². The van der Waals surface area contributed by atoms with Crippen LogP contribution < -0.4 is 20.1 Å². The van der Waals surface area contributed by atoms with E-state index in [1.807, 2.05) is 18.2 Å². The van der Waals surface area contributed by atoms with Gasteiger partial charge in [0, 0.05) is 43.2 Å². The van der Waals surface area contributed by atoms with Gasteiger partial charge in [-0.3, -0.25) is 14.7 Å².